The molecule has 0 unspecified atom stereocenters. The maximum absolute atomic E-state index is 15.1. The number of oxime groups is 1. The summed E-state index contributed by atoms with van der Waals surface area (Å²) in [4.78, 5) is 34.0. The highest BCUT2D eigenvalue weighted by Gasteiger charge is 2.65. The van der Waals surface area contributed by atoms with Crippen LogP contribution in [-0.2, 0) is 38.8 Å². The molecule has 0 radical (unpaired) electrons. The third kappa shape index (κ3) is 13.2. The van der Waals surface area contributed by atoms with Crippen LogP contribution < -0.4 is 9.47 Å². The van der Waals surface area contributed by atoms with Gasteiger partial charge in [-0.3, -0.25) is 15.0 Å². The van der Waals surface area contributed by atoms with E-state index in [4.69, 9.17) is 33.7 Å². The number of aliphatic hydroxyl groups is 2. The van der Waals surface area contributed by atoms with Crippen molar-refractivity contribution in [2.75, 3.05) is 33.0 Å². The number of ether oxygens (including phenoxy) is 5. The summed E-state index contributed by atoms with van der Waals surface area (Å²) in [6.45, 7) is 4.41. The van der Waals surface area contributed by atoms with Crippen molar-refractivity contribution in [1.82, 2.24) is 4.90 Å². The quantitative estimate of drug-likeness (QED) is 0.0229. The molecule has 1 saturated carbocycles. The number of nitro benzene ring substituents is 1. The summed E-state index contributed by atoms with van der Waals surface area (Å²) in [7, 11) is 0. The molecule has 0 aromatic heterocycles. The molecule has 406 valence electrons. The Morgan fingerprint density at radius 3 is 2.17 bits per heavy atom. The van der Waals surface area contributed by atoms with E-state index in [1.54, 1.807) is 35.2 Å². The number of amides is 1. The number of carbonyl (C=O) groups excluding carboxylic acids is 1. The van der Waals surface area contributed by atoms with Gasteiger partial charge in [0.15, 0.2) is 0 Å². The van der Waals surface area contributed by atoms with Crippen LogP contribution >= 0.6 is 0 Å². The van der Waals surface area contributed by atoms with Crippen molar-refractivity contribution in [3.05, 3.63) is 214 Å². The van der Waals surface area contributed by atoms with Gasteiger partial charge in [-0.25, -0.2) is 9.18 Å². The van der Waals surface area contributed by atoms with Gasteiger partial charge in [0.1, 0.15) is 42.3 Å². The third-order valence-corrected chi connectivity index (χ3v) is 14.8. The van der Waals surface area contributed by atoms with Gasteiger partial charge in [0.25, 0.3) is 5.69 Å². The standard InChI is InChI=1S/C63H66FN3O11/c1-2-35-75-63-59(66(41-44-19-25-50(64)26-20-44)62(70)74-37-36-73-42-45-13-5-3-6-14-45)40-57(65-76-43-46-21-27-51(28-22-46)67(71)72)55-38-49(17-9-11-33-68)54(18-10-12-34-69)60(61(55)63)56-39-53(31-32-58(56)78-63)77-52-29-23-48(24-30-52)47-15-7-4-8-16-47/h2-8,13-16,19-32,38-39,49,54,59-61,68-69H,1,9-12,17-18,33-37,40-43H2/t49-,54+,59-,60+,61+,63+/m0/s1. The molecule has 78 heavy (non-hydrogen) atoms. The Morgan fingerprint density at radius 2 is 1.46 bits per heavy atom. The minimum Gasteiger partial charge on any atom is -0.459 e. The molecule has 15 heteroatoms. The van der Waals surface area contributed by atoms with Gasteiger partial charge >= 0.3 is 6.09 Å². The van der Waals surface area contributed by atoms with Crippen LogP contribution in [0.2, 0.25) is 0 Å². The fourth-order valence-electron chi connectivity index (χ4n) is 11.2. The van der Waals surface area contributed by atoms with E-state index in [9.17, 15) is 24.7 Å². The summed E-state index contributed by atoms with van der Waals surface area (Å²) >= 11 is 0. The van der Waals surface area contributed by atoms with Gasteiger partial charge in [-0.2, -0.15) is 0 Å². The highest BCUT2D eigenvalue weighted by Crippen LogP contribution is 2.62. The first-order valence-electron chi connectivity index (χ1n) is 26.7. The van der Waals surface area contributed by atoms with Crippen molar-refractivity contribution in [3.63, 3.8) is 0 Å². The monoisotopic (exact) mass is 1060 g/mol. The lowest BCUT2D eigenvalue weighted by Gasteiger charge is -2.59. The number of halogens is 1. The predicted molar refractivity (Wildman–Crippen MR) is 294 cm³/mol. The molecule has 0 spiro atoms. The highest BCUT2D eigenvalue weighted by atomic mass is 19.1. The Hall–Kier alpha value is -7.69. The zero-order valence-corrected chi connectivity index (χ0v) is 43.6. The molecule has 1 aliphatic heterocycles. The normalized spacial score (nSPS) is 20.6. The largest absolute Gasteiger partial charge is 0.459 e. The number of nitrogens with zero attached hydrogens (tertiary/aromatic N) is 3. The zero-order chi connectivity index (χ0) is 54.3. The predicted octanol–water partition coefficient (Wildman–Crippen LogP) is 12.9. The van der Waals surface area contributed by atoms with Crippen molar-refractivity contribution in [2.45, 2.75) is 82.5 Å². The van der Waals surface area contributed by atoms with Crippen LogP contribution in [-0.4, -0.2) is 76.7 Å². The number of allylic oxidation sites excluding steroid dienone is 1. The van der Waals surface area contributed by atoms with Crippen molar-refractivity contribution >= 4 is 17.5 Å². The molecule has 0 bridgehead atoms. The number of rotatable bonds is 26. The molecule has 6 aromatic carbocycles. The molecule has 2 N–H and O–H groups in total. The Labute approximate surface area is 454 Å². The Kier molecular flexibility index (Phi) is 18.8. The molecule has 1 amide bonds. The van der Waals surface area contributed by atoms with Crippen LogP contribution in [0.5, 0.6) is 17.2 Å². The van der Waals surface area contributed by atoms with Crippen LogP contribution in [0.25, 0.3) is 11.1 Å². The number of aliphatic hydroxyl groups excluding tert-OH is 2. The summed E-state index contributed by atoms with van der Waals surface area (Å²) in [5.74, 6) is -1.52. The number of nitro groups is 1. The summed E-state index contributed by atoms with van der Waals surface area (Å²) in [5, 5.41) is 36.7. The molecule has 2 aliphatic carbocycles. The molecule has 3 aliphatic rings. The van der Waals surface area contributed by atoms with Crippen LogP contribution in [0.15, 0.2) is 181 Å². The summed E-state index contributed by atoms with van der Waals surface area (Å²) < 4.78 is 47.9. The SMILES string of the molecule is C=CCO[C@@]12Oc3ccc(Oc4ccc(-c5ccccc5)cc4)cc3[C@H]3[C@H](CCCCO)[C@@H](CCCCO)C=C(C(=NOCc4ccc([N+](=O)[O-])cc4)C[C@@H]1N(Cc1ccc(F)cc1)C(=O)OCCOCc1ccccc1)[C@H]32. The lowest BCUT2D eigenvalue weighted by Crippen LogP contribution is -2.70. The van der Waals surface area contributed by atoms with Crippen LogP contribution in [0.3, 0.4) is 0 Å². The van der Waals surface area contributed by atoms with Crippen LogP contribution in [0.1, 0.15) is 73.1 Å². The number of hydrogen-bond donors (Lipinski definition) is 2. The molecule has 6 atom stereocenters. The van der Waals surface area contributed by atoms with E-state index in [-0.39, 0.29) is 76.0 Å². The van der Waals surface area contributed by atoms with Crippen molar-refractivity contribution in [1.29, 1.82) is 0 Å². The first kappa shape index (κ1) is 55.1. The van der Waals surface area contributed by atoms with Gasteiger partial charge in [0, 0.05) is 49.8 Å². The number of carbonyl (C=O) groups is 1. The van der Waals surface area contributed by atoms with Crippen molar-refractivity contribution in [3.8, 4) is 28.4 Å². The fourth-order valence-corrected chi connectivity index (χ4v) is 11.2. The van der Waals surface area contributed by atoms with Crippen LogP contribution in [0, 0.1) is 33.7 Å². The molecule has 14 nitrogen and oxygen atoms in total. The first-order valence-corrected chi connectivity index (χ1v) is 26.7. The van der Waals surface area contributed by atoms with Gasteiger partial charge in [-0.05, 0) is 126 Å². The average molecular weight is 1060 g/mol. The number of benzene rings is 6. The van der Waals surface area contributed by atoms with E-state index in [1.807, 2.05) is 91.0 Å². The smallest absolute Gasteiger partial charge is 0.410 e. The molecule has 1 heterocycles. The molecular weight excluding hydrogens is 994 g/mol. The van der Waals surface area contributed by atoms with E-state index in [2.05, 4.69) is 24.8 Å². The van der Waals surface area contributed by atoms with E-state index >= 15 is 4.79 Å². The van der Waals surface area contributed by atoms with E-state index < -0.39 is 34.6 Å². The first-order chi connectivity index (χ1) is 38.2. The van der Waals surface area contributed by atoms with E-state index in [0.29, 0.717) is 66.4 Å². The van der Waals surface area contributed by atoms with E-state index in [0.717, 1.165) is 40.7 Å². The summed E-state index contributed by atoms with van der Waals surface area (Å²) in [6.07, 6.45) is 7.30. The topological polar surface area (TPSA) is 172 Å². The summed E-state index contributed by atoms with van der Waals surface area (Å²) in [6, 6.07) is 44.5. The zero-order valence-electron chi connectivity index (χ0n) is 43.6. The van der Waals surface area contributed by atoms with Gasteiger partial charge in [-0.1, -0.05) is 115 Å². The molecule has 1 fully saturated rings. The Morgan fingerprint density at radius 1 is 0.795 bits per heavy atom. The van der Waals surface area contributed by atoms with Gasteiger partial charge in [0.05, 0.1) is 36.4 Å². The van der Waals surface area contributed by atoms with E-state index in [1.165, 1.54) is 24.3 Å². The minimum absolute atomic E-state index is 0.0208. The van der Waals surface area contributed by atoms with Gasteiger partial charge in [0.2, 0.25) is 5.79 Å². The second-order valence-corrected chi connectivity index (χ2v) is 19.9. The Balaban J connectivity index is 1.17. The number of hydrogen-bond acceptors (Lipinski definition) is 12. The van der Waals surface area contributed by atoms with Crippen molar-refractivity contribution < 1.29 is 52.8 Å². The maximum Gasteiger partial charge on any atom is 0.410 e. The average Bonchev–Trinajstić information content (AvgIpc) is 3.44. The lowest BCUT2D eigenvalue weighted by molar-refractivity contribution is -0.384. The molecule has 0 saturated heterocycles. The highest BCUT2D eigenvalue weighted by molar-refractivity contribution is 6.03. The Bertz CT molecular complexity index is 2990. The van der Waals surface area contributed by atoms with Gasteiger partial charge in [-0.15, -0.1) is 6.58 Å². The van der Waals surface area contributed by atoms with Gasteiger partial charge < -0.3 is 38.7 Å². The fraction of sp³-hybridized carbons (Fsp3) is 0.333. The lowest BCUT2D eigenvalue weighted by atomic mass is 9.55. The van der Waals surface area contributed by atoms with Crippen LogP contribution in [0.4, 0.5) is 14.9 Å². The second kappa shape index (κ2) is 26.6. The minimum atomic E-state index is -1.64. The molecular formula is C63H66FN3O11. The summed E-state index contributed by atoms with van der Waals surface area (Å²) in [5.41, 5.74) is 6.49. The molecule has 6 aromatic rings. The number of fused-ring (bicyclic) bond motifs is 2. The molecule has 9 rings (SSSR count). The number of unbranched alkanes of at least 4 members (excludes halogenated alkanes) is 2. The van der Waals surface area contributed by atoms with Crippen molar-refractivity contribution in [2.24, 2.45) is 22.9 Å². The third-order valence-electron chi connectivity index (χ3n) is 14.8. The maximum atomic E-state index is 15.1. The number of non-ortho nitro benzene ring substituents is 1. The second-order valence-electron chi connectivity index (χ2n) is 19.9.